The normalized spacial score (nSPS) is 16.2. The van der Waals surface area contributed by atoms with Gasteiger partial charge in [-0.25, -0.2) is 13.0 Å². The highest BCUT2D eigenvalue weighted by molar-refractivity contribution is 7.89. The molecule has 1 saturated heterocycles. The number of rotatable bonds is 4. The number of carbonyl (C=O) groups is 1. The number of fused-ring (bicyclic) bond motifs is 1. The maximum absolute atomic E-state index is 13.1. The Balaban J connectivity index is 1.46. The van der Waals surface area contributed by atoms with Gasteiger partial charge in [0.2, 0.25) is 15.9 Å². The SMILES string of the molecule is Cc1cccc(C)c1NC(=O)C1CCN(S(=O)(=O)c2cccc3nonc23)CC1. The van der Waals surface area contributed by atoms with Gasteiger partial charge < -0.3 is 5.32 Å². The molecule has 2 aromatic carbocycles. The Kier molecular flexibility index (Phi) is 5.10. The molecule has 0 saturated carbocycles. The molecule has 1 N–H and O–H groups in total. The van der Waals surface area contributed by atoms with Gasteiger partial charge in [0.05, 0.1) is 0 Å². The van der Waals surface area contributed by atoms with Crippen LogP contribution in [-0.4, -0.2) is 42.0 Å². The molecule has 1 aliphatic heterocycles. The van der Waals surface area contributed by atoms with Crippen molar-refractivity contribution in [1.82, 2.24) is 14.6 Å². The third-order valence-electron chi connectivity index (χ3n) is 5.42. The van der Waals surface area contributed by atoms with Gasteiger partial charge in [-0.2, -0.15) is 4.31 Å². The number of anilines is 1. The summed E-state index contributed by atoms with van der Waals surface area (Å²) < 4.78 is 32.2. The molecular weight excluding hydrogens is 392 g/mol. The number of amides is 1. The number of para-hydroxylation sites is 1. The van der Waals surface area contributed by atoms with E-state index < -0.39 is 10.0 Å². The van der Waals surface area contributed by atoms with Crippen LogP contribution < -0.4 is 5.32 Å². The molecule has 3 aromatic rings. The minimum atomic E-state index is -3.74. The first kappa shape index (κ1) is 19.5. The predicted molar refractivity (Wildman–Crippen MR) is 108 cm³/mol. The van der Waals surface area contributed by atoms with Crippen LogP contribution in [0.1, 0.15) is 24.0 Å². The molecule has 1 aliphatic rings. The molecule has 0 atom stereocenters. The summed E-state index contributed by atoms with van der Waals surface area (Å²) in [6, 6.07) is 10.6. The second-order valence-electron chi connectivity index (χ2n) is 7.32. The van der Waals surface area contributed by atoms with Crippen molar-refractivity contribution in [3.63, 3.8) is 0 Å². The molecule has 2 heterocycles. The van der Waals surface area contributed by atoms with Crippen molar-refractivity contribution >= 4 is 32.7 Å². The van der Waals surface area contributed by atoms with Gasteiger partial charge in [-0.3, -0.25) is 4.79 Å². The molecule has 0 radical (unpaired) electrons. The molecule has 1 amide bonds. The third-order valence-corrected chi connectivity index (χ3v) is 7.35. The van der Waals surface area contributed by atoms with E-state index in [2.05, 4.69) is 20.3 Å². The molecular formula is C20H22N4O4S. The van der Waals surface area contributed by atoms with Gasteiger partial charge >= 0.3 is 0 Å². The number of aryl methyl sites for hydroxylation is 2. The second kappa shape index (κ2) is 7.57. The van der Waals surface area contributed by atoms with Crippen LogP contribution in [0, 0.1) is 19.8 Å². The lowest BCUT2D eigenvalue weighted by Crippen LogP contribution is -2.41. The maximum Gasteiger partial charge on any atom is 0.245 e. The zero-order valence-corrected chi connectivity index (χ0v) is 17.1. The summed E-state index contributed by atoms with van der Waals surface area (Å²) >= 11 is 0. The number of sulfonamides is 1. The molecule has 0 spiro atoms. The van der Waals surface area contributed by atoms with Crippen LogP contribution in [0.5, 0.6) is 0 Å². The minimum absolute atomic E-state index is 0.0674. The number of piperidine rings is 1. The summed E-state index contributed by atoms with van der Waals surface area (Å²) in [7, 11) is -3.74. The fourth-order valence-electron chi connectivity index (χ4n) is 3.72. The van der Waals surface area contributed by atoms with E-state index in [9.17, 15) is 13.2 Å². The van der Waals surface area contributed by atoms with E-state index in [0.717, 1.165) is 16.8 Å². The smallest absolute Gasteiger partial charge is 0.245 e. The van der Waals surface area contributed by atoms with E-state index in [0.29, 0.717) is 18.4 Å². The van der Waals surface area contributed by atoms with Crippen molar-refractivity contribution in [2.24, 2.45) is 5.92 Å². The van der Waals surface area contributed by atoms with E-state index in [1.54, 1.807) is 12.1 Å². The summed E-state index contributed by atoms with van der Waals surface area (Å²) in [5, 5.41) is 10.5. The van der Waals surface area contributed by atoms with Gasteiger partial charge in [0.1, 0.15) is 10.4 Å². The summed E-state index contributed by atoms with van der Waals surface area (Å²) in [5.74, 6) is -0.299. The molecule has 152 valence electrons. The highest BCUT2D eigenvalue weighted by Gasteiger charge is 2.34. The van der Waals surface area contributed by atoms with E-state index in [1.807, 2.05) is 32.0 Å². The third kappa shape index (κ3) is 3.63. The summed E-state index contributed by atoms with van der Waals surface area (Å²) in [4.78, 5) is 12.8. The van der Waals surface area contributed by atoms with Crippen molar-refractivity contribution in [2.75, 3.05) is 18.4 Å². The van der Waals surface area contributed by atoms with Gasteiger partial charge in [0, 0.05) is 24.7 Å². The lowest BCUT2D eigenvalue weighted by atomic mass is 9.96. The molecule has 0 bridgehead atoms. The summed E-state index contributed by atoms with van der Waals surface area (Å²) in [6.45, 7) is 4.46. The average molecular weight is 414 g/mol. The molecule has 4 rings (SSSR count). The molecule has 8 nitrogen and oxygen atoms in total. The first-order valence-corrected chi connectivity index (χ1v) is 10.9. The summed E-state index contributed by atoms with van der Waals surface area (Å²) in [5.41, 5.74) is 3.47. The quantitative estimate of drug-likeness (QED) is 0.704. The topological polar surface area (TPSA) is 105 Å². The van der Waals surface area contributed by atoms with Crippen LogP contribution in [0.3, 0.4) is 0 Å². The fourth-order valence-corrected chi connectivity index (χ4v) is 5.33. The zero-order chi connectivity index (χ0) is 20.6. The monoisotopic (exact) mass is 414 g/mol. The lowest BCUT2D eigenvalue weighted by molar-refractivity contribution is -0.120. The highest BCUT2D eigenvalue weighted by atomic mass is 32.2. The maximum atomic E-state index is 13.1. The highest BCUT2D eigenvalue weighted by Crippen LogP contribution is 2.28. The van der Waals surface area contributed by atoms with Gasteiger partial charge in [-0.05, 0) is 60.3 Å². The Hall–Kier alpha value is -2.78. The Morgan fingerprint density at radius 1 is 1.07 bits per heavy atom. The molecule has 1 fully saturated rings. The molecule has 29 heavy (non-hydrogen) atoms. The molecule has 0 aliphatic carbocycles. The van der Waals surface area contributed by atoms with E-state index in [-0.39, 0.29) is 35.3 Å². The van der Waals surface area contributed by atoms with Crippen LogP contribution in [0.15, 0.2) is 45.9 Å². The Morgan fingerprint density at radius 2 is 1.72 bits per heavy atom. The van der Waals surface area contributed by atoms with E-state index in [1.165, 1.54) is 10.4 Å². The predicted octanol–water partition coefficient (Wildman–Crippen LogP) is 2.88. The number of carbonyl (C=O) groups excluding carboxylic acids is 1. The molecule has 0 unspecified atom stereocenters. The minimum Gasteiger partial charge on any atom is -0.325 e. The van der Waals surface area contributed by atoms with Crippen LogP contribution in [-0.2, 0) is 14.8 Å². The number of aromatic nitrogens is 2. The average Bonchev–Trinajstić information content (AvgIpc) is 3.19. The Labute approximate surface area is 168 Å². The van der Waals surface area contributed by atoms with Gasteiger partial charge in [-0.1, -0.05) is 24.3 Å². The number of hydrogen-bond acceptors (Lipinski definition) is 6. The molecule has 1 aromatic heterocycles. The van der Waals surface area contributed by atoms with Crippen molar-refractivity contribution in [2.45, 2.75) is 31.6 Å². The van der Waals surface area contributed by atoms with Crippen molar-refractivity contribution in [3.8, 4) is 0 Å². The van der Waals surface area contributed by atoms with Crippen molar-refractivity contribution < 1.29 is 17.8 Å². The lowest BCUT2D eigenvalue weighted by Gasteiger charge is -2.30. The number of hydrogen-bond donors (Lipinski definition) is 1. The first-order chi connectivity index (χ1) is 13.9. The Bertz CT molecular complexity index is 1140. The number of benzene rings is 2. The van der Waals surface area contributed by atoms with Gasteiger partial charge in [0.25, 0.3) is 0 Å². The Morgan fingerprint density at radius 3 is 2.41 bits per heavy atom. The zero-order valence-electron chi connectivity index (χ0n) is 16.3. The van der Waals surface area contributed by atoms with Crippen molar-refractivity contribution in [1.29, 1.82) is 0 Å². The summed E-state index contributed by atoms with van der Waals surface area (Å²) in [6.07, 6.45) is 0.923. The first-order valence-electron chi connectivity index (χ1n) is 9.46. The number of nitrogens with one attached hydrogen (secondary N) is 1. The van der Waals surface area contributed by atoms with E-state index in [4.69, 9.17) is 0 Å². The van der Waals surface area contributed by atoms with Gasteiger partial charge in [-0.15, -0.1) is 0 Å². The molecule has 9 heteroatoms. The number of nitrogens with zero attached hydrogens (tertiary/aromatic N) is 3. The fraction of sp³-hybridized carbons (Fsp3) is 0.350. The largest absolute Gasteiger partial charge is 0.325 e. The van der Waals surface area contributed by atoms with Crippen LogP contribution in [0.25, 0.3) is 11.0 Å². The standard InChI is InChI=1S/C20H22N4O4S/c1-13-5-3-6-14(2)18(13)21-20(25)15-9-11-24(12-10-15)29(26,27)17-8-4-7-16-19(17)23-28-22-16/h3-8,15H,9-12H2,1-2H3,(H,21,25). The van der Waals surface area contributed by atoms with Gasteiger partial charge in [0.15, 0.2) is 5.52 Å². The second-order valence-corrected chi connectivity index (χ2v) is 9.23. The van der Waals surface area contributed by atoms with Crippen LogP contribution >= 0.6 is 0 Å². The van der Waals surface area contributed by atoms with Crippen LogP contribution in [0.4, 0.5) is 5.69 Å². The van der Waals surface area contributed by atoms with Crippen molar-refractivity contribution in [3.05, 3.63) is 47.5 Å². The van der Waals surface area contributed by atoms with E-state index >= 15 is 0 Å². The van der Waals surface area contributed by atoms with Crippen LogP contribution in [0.2, 0.25) is 0 Å².